The predicted octanol–water partition coefficient (Wildman–Crippen LogP) is 3.59. The van der Waals surface area contributed by atoms with Gasteiger partial charge in [-0.1, -0.05) is 35.9 Å². The number of nitrogens with one attached hydrogen (secondary N) is 1. The number of para-hydroxylation sites is 1. The second kappa shape index (κ2) is 9.82. The number of anilines is 1. The van der Waals surface area contributed by atoms with Gasteiger partial charge in [-0.15, -0.1) is 0 Å². The van der Waals surface area contributed by atoms with E-state index in [1.54, 1.807) is 17.0 Å². The number of carbonyl (C=O) groups excluding carboxylic acids is 2. The third-order valence-corrected chi connectivity index (χ3v) is 4.32. The van der Waals surface area contributed by atoms with Gasteiger partial charge >= 0.3 is 0 Å². The molecule has 0 heterocycles. The molecule has 2 amide bonds. The summed E-state index contributed by atoms with van der Waals surface area (Å²) in [6.07, 6.45) is 0.255. The van der Waals surface area contributed by atoms with Gasteiger partial charge in [-0.3, -0.25) is 9.59 Å². The van der Waals surface area contributed by atoms with Crippen LogP contribution in [0.4, 0.5) is 5.69 Å². The molecule has 0 bridgehead atoms. The smallest absolute Gasteiger partial charge is 0.223 e. The van der Waals surface area contributed by atoms with Crippen molar-refractivity contribution in [1.82, 2.24) is 5.32 Å². The summed E-state index contributed by atoms with van der Waals surface area (Å²) in [5.41, 5.74) is 1.60. The molecule has 0 spiro atoms. The molecule has 6 heteroatoms. The highest BCUT2D eigenvalue weighted by molar-refractivity contribution is 6.31. The van der Waals surface area contributed by atoms with Crippen molar-refractivity contribution in [2.75, 3.05) is 24.6 Å². The molecule has 0 unspecified atom stereocenters. The van der Waals surface area contributed by atoms with Crippen LogP contribution in [0.15, 0.2) is 48.5 Å². The van der Waals surface area contributed by atoms with Crippen LogP contribution in [0.2, 0.25) is 5.02 Å². The van der Waals surface area contributed by atoms with Gasteiger partial charge < -0.3 is 15.0 Å². The molecule has 0 aliphatic carbocycles. The highest BCUT2D eigenvalue weighted by Crippen LogP contribution is 2.26. The van der Waals surface area contributed by atoms with Crippen LogP contribution in [-0.4, -0.2) is 31.5 Å². The van der Waals surface area contributed by atoms with E-state index >= 15 is 0 Å². The highest BCUT2D eigenvalue weighted by atomic mass is 35.5. The van der Waals surface area contributed by atoms with E-state index in [2.05, 4.69) is 5.32 Å². The Morgan fingerprint density at radius 2 is 1.85 bits per heavy atom. The van der Waals surface area contributed by atoms with E-state index in [4.69, 9.17) is 16.3 Å². The van der Waals surface area contributed by atoms with Crippen LogP contribution in [0.1, 0.15) is 18.9 Å². The first kappa shape index (κ1) is 19.8. The summed E-state index contributed by atoms with van der Waals surface area (Å²) in [5.74, 6) is 0.517. The fourth-order valence-corrected chi connectivity index (χ4v) is 2.68. The molecule has 2 aromatic rings. The largest absolute Gasteiger partial charge is 0.493 e. The molecule has 5 nitrogen and oxygen atoms in total. The van der Waals surface area contributed by atoms with Gasteiger partial charge in [0.2, 0.25) is 11.8 Å². The topological polar surface area (TPSA) is 58.6 Å². The minimum absolute atomic E-state index is 0.1000. The van der Waals surface area contributed by atoms with Gasteiger partial charge in [0.25, 0.3) is 0 Å². The zero-order valence-corrected chi connectivity index (χ0v) is 15.8. The van der Waals surface area contributed by atoms with E-state index < -0.39 is 0 Å². The molecule has 1 N–H and O–H groups in total. The minimum atomic E-state index is -0.118. The number of nitrogens with zero attached hydrogens (tertiary/aromatic N) is 1. The molecule has 138 valence electrons. The molecular weight excluding hydrogens is 352 g/mol. The lowest BCUT2D eigenvalue weighted by molar-refractivity contribution is -0.122. The number of amides is 2. The third-order valence-electron chi connectivity index (χ3n) is 3.91. The number of ether oxygens (including phenoxy) is 1. The first-order chi connectivity index (χ1) is 12.5. The van der Waals surface area contributed by atoms with Gasteiger partial charge in [0.15, 0.2) is 0 Å². The molecular formula is C20H23ClN2O3. The van der Waals surface area contributed by atoms with Gasteiger partial charge in [0.05, 0.1) is 13.0 Å². The molecule has 0 aliphatic rings. The molecule has 0 saturated heterocycles. The SMILES string of the molecule is CC(=O)N(CCNC(=O)CCOc1ccccc1)c1cccc(Cl)c1C. The van der Waals surface area contributed by atoms with E-state index in [1.165, 1.54) is 6.92 Å². The van der Waals surface area contributed by atoms with Gasteiger partial charge in [0, 0.05) is 30.7 Å². The third kappa shape index (κ3) is 5.77. The van der Waals surface area contributed by atoms with Crippen molar-refractivity contribution < 1.29 is 14.3 Å². The van der Waals surface area contributed by atoms with Crippen molar-refractivity contribution >= 4 is 29.1 Å². The monoisotopic (exact) mass is 374 g/mol. The second-order valence-electron chi connectivity index (χ2n) is 5.82. The number of halogens is 1. The fraction of sp³-hybridized carbons (Fsp3) is 0.300. The van der Waals surface area contributed by atoms with Crippen molar-refractivity contribution in [2.45, 2.75) is 20.3 Å². The minimum Gasteiger partial charge on any atom is -0.493 e. The maximum Gasteiger partial charge on any atom is 0.223 e. The van der Waals surface area contributed by atoms with Gasteiger partial charge in [-0.2, -0.15) is 0 Å². The summed E-state index contributed by atoms with van der Waals surface area (Å²) >= 11 is 6.13. The Morgan fingerprint density at radius 3 is 2.54 bits per heavy atom. The second-order valence-corrected chi connectivity index (χ2v) is 6.22. The Bertz CT molecular complexity index is 750. The zero-order chi connectivity index (χ0) is 18.9. The molecule has 0 fully saturated rings. The van der Waals surface area contributed by atoms with Crippen LogP contribution in [0.3, 0.4) is 0 Å². The summed E-state index contributed by atoms with van der Waals surface area (Å²) in [4.78, 5) is 25.5. The van der Waals surface area contributed by atoms with E-state index in [0.29, 0.717) is 24.7 Å². The number of hydrogen-bond donors (Lipinski definition) is 1. The van der Waals surface area contributed by atoms with E-state index in [9.17, 15) is 9.59 Å². The molecule has 0 atom stereocenters. The number of hydrogen-bond acceptors (Lipinski definition) is 3. The molecule has 0 saturated carbocycles. The van der Waals surface area contributed by atoms with E-state index in [-0.39, 0.29) is 18.2 Å². The Labute approximate surface area is 158 Å². The Morgan fingerprint density at radius 1 is 1.12 bits per heavy atom. The average molecular weight is 375 g/mol. The van der Waals surface area contributed by atoms with Crippen LogP contribution < -0.4 is 15.0 Å². The first-order valence-electron chi connectivity index (χ1n) is 8.47. The van der Waals surface area contributed by atoms with E-state index in [0.717, 1.165) is 17.0 Å². The Kier molecular flexibility index (Phi) is 7.48. The van der Waals surface area contributed by atoms with Gasteiger partial charge in [0.1, 0.15) is 5.75 Å². The van der Waals surface area contributed by atoms with Crippen LogP contribution in [0.5, 0.6) is 5.75 Å². The van der Waals surface area contributed by atoms with Crippen molar-refractivity contribution in [1.29, 1.82) is 0 Å². The summed E-state index contributed by atoms with van der Waals surface area (Å²) in [6, 6.07) is 14.8. The van der Waals surface area contributed by atoms with Crippen molar-refractivity contribution in [3.8, 4) is 5.75 Å². The molecule has 0 aliphatic heterocycles. The zero-order valence-electron chi connectivity index (χ0n) is 15.0. The predicted molar refractivity (Wildman–Crippen MR) is 104 cm³/mol. The number of rotatable bonds is 8. The summed E-state index contributed by atoms with van der Waals surface area (Å²) in [5, 5.41) is 3.42. The quantitative estimate of drug-likeness (QED) is 0.768. The molecule has 26 heavy (non-hydrogen) atoms. The Hall–Kier alpha value is -2.53. The standard InChI is InChI=1S/C20H23ClN2O3/c1-15-18(21)9-6-10-19(15)23(16(2)24)13-12-22-20(25)11-14-26-17-7-4-3-5-8-17/h3-10H,11-14H2,1-2H3,(H,22,25). The fourth-order valence-electron chi connectivity index (χ4n) is 2.51. The lowest BCUT2D eigenvalue weighted by Crippen LogP contribution is -2.38. The summed E-state index contributed by atoms with van der Waals surface area (Å²) < 4.78 is 5.50. The highest BCUT2D eigenvalue weighted by Gasteiger charge is 2.15. The first-order valence-corrected chi connectivity index (χ1v) is 8.84. The van der Waals surface area contributed by atoms with Crippen molar-refractivity contribution in [2.24, 2.45) is 0 Å². The lowest BCUT2D eigenvalue weighted by atomic mass is 10.1. The van der Waals surface area contributed by atoms with E-state index in [1.807, 2.05) is 43.3 Å². The van der Waals surface area contributed by atoms with Gasteiger partial charge in [-0.05, 0) is 36.8 Å². The van der Waals surface area contributed by atoms with Crippen LogP contribution in [-0.2, 0) is 9.59 Å². The number of carbonyl (C=O) groups is 2. The van der Waals surface area contributed by atoms with Crippen molar-refractivity contribution in [3.63, 3.8) is 0 Å². The van der Waals surface area contributed by atoms with Crippen LogP contribution >= 0.6 is 11.6 Å². The average Bonchev–Trinajstić information content (AvgIpc) is 2.62. The molecule has 0 aromatic heterocycles. The lowest BCUT2D eigenvalue weighted by Gasteiger charge is -2.23. The maximum atomic E-state index is 12.0. The number of benzene rings is 2. The van der Waals surface area contributed by atoms with Crippen LogP contribution in [0.25, 0.3) is 0 Å². The van der Waals surface area contributed by atoms with Crippen LogP contribution in [0, 0.1) is 6.92 Å². The summed E-state index contributed by atoms with van der Waals surface area (Å²) in [6.45, 7) is 4.40. The Balaban J connectivity index is 1.79. The molecule has 0 radical (unpaired) electrons. The normalized spacial score (nSPS) is 10.3. The summed E-state index contributed by atoms with van der Waals surface area (Å²) in [7, 11) is 0. The molecule has 2 rings (SSSR count). The van der Waals surface area contributed by atoms with Gasteiger partial charge in [-0.25, -0.2) is 0 Å². The van der Waals surface area contributed by atoms with Crippen molar-refractivity contribution in [3.05, 3.63) is 59.1 Å². The molecule has 2 aromatic carbocycles. The maximum absolute atomic E-state index is 12.0.